The minimum Gasteiger partial charge on any atom is -0.496 e. The second-order valence-corrected chi connectivity index (χ2v) is 4.88. The Morgan fingerprint density at radius 2 is 2.26 bits per heavy atom. The first kappa shape index (κ1) is 14.8. The smallest absolute Gasteiger partial charge is 0.321 e. The number of rotatable bonds is 4. The van der Waals surface area contributed by atoms with E-state index in [0.29, 0.717) is 23.8 Å². The molecule has 0 unspecified atom stereocenters. The minimum atomic E-state index is -0.300. The molecule has 0 aliphatic carbocycles. The third-order valence-corrected chi connectivity index (χ3v) is 3.34. The van der Waals surface area contributed by atoms with Crippen LogP contribution in [0.25, 0.3) is 22.2 Å². The van der Waals surface area contributed by atoms with E-state index in [2.05, 4.69) is 25.6 Å². The average Bonchev–Trinajstić information content (AvgIpc) is 2.95. The van der Waals surface area contributed by atoms with Crippen LogP contribution in [0.3, 0.4) is 0 Å². The van der Waals surface area contributed by atoms with Crippen molar-refractivity contribution in [1.82, 2.24) is 20.3 Å². The summed E-state index contributed by atoms with van der Waals surface area (Å²) in [7, 11) is 1.61. The molecule has 118 valence electrons. The number of nitrogens with one attached hydrogen (secondary N) is 3. The van der Waals surface area contributed by atoms with Gasteiger partial charge in [-0.05, 0) is 19.1 Å². The quantitative estimate of drug-likeness (QED) is 0.691. The van der Waals surface area contributed by atoms with Gasteiger partial charge >= 0.3 is 6.03 Å². The zero-order valence-corrected chi connectivity index (χ0v) is 12.9. The zero-order valence-electron chi connectivity index (χ0n) is 12.9. The van der Waals surface area contributed by atoms with E-state index in [9.17, 15) is 4.79 Å². The number of hydrogen-bond acceptors (Lipinski definition) is 4. The highest BCUT2D eigenvalue weighted by molar-refractivity contribution is 5.92. The molecule has 0 saturated carbocycles. The van der Waals surface area contributed by atoms with Gasteiger partial charge in [0.25, 0.3) is 0 Å². The summed E-state index contributed by atoms with van der Waals surface area (Å²) in [5.74, 6) is 1.08. The molecule has 7 heteroatoms. The second-order valence-electron chi connectivity index (χ2n) is 4.88. The van der Waals surface area contributed by atoms with Crippen LogP contribution in [0, 0.1) is 0 Å². The molecular weight excluding hydrogens is 294 g/mol. The molecule has 0 saturated heterocycles. The molecule has 1 aromatic carbocycles. The van der Waals surface area contributed by atoms with Gasteiger partial charge in [0.1, 0.15) is 5.75 Å². The highest BCUT2D eigenvalue weighted by atomic mass is 16.5. The van der Waals surface area contributed by atoms with E-state index in [4.69, 9.17) is 4.74 Å². The van der Waals surface area contributed by atoms with Crippen molar-refractivity contribution in [1.29, 1.82) is 0 Å². The molecule has 0 aliphatic heterocycles. The molecule has 0 spiro atoms. The normalized spacial score (nSPS) is 10.5. The molecule has 7 nitrogen and oxygen atoms in total. The van der Waals surface area contributed by atoms with Crippen molar-refractivity contribution in [2.75, 3.05) is 19.0 Å². The number of fused-ring (bicyclic) bond motifs is 1. The van der Waals surface area contributed by atoms with E-state index < -0.39 is 0 Å². The fraction of sp³-hybridized carbons (Fsp3) is 0.188. The maximum atomic E-state index is 11.6. The number of pyridine rings is 1. The van der Waals surface area contributed by atoms with Crippen molar-refractivity contribution < 1.29 is 9.53 Å². The third kappa shape index (κ3) is 3.08. The van der Waals surface area contributed by atoms with Gasteiger partial charge in [-0.2, -0.15) is 0 Å². The summed E-state index contributed by atoms with van der Waals surface area (Å²) in [6.07, 6.45) is 3.49. The number of benzene rings is 1. The summed E-state index contributed by atoms with van der Waals surface area (Å²) >= 11 is 0. The first-order valence-corrected chi connectivity index (χ1v) is 7.24. The molecule has 2 heterocycles. The highest BCUT2D eigenvalue weighted by Gasteiger charge is 2.12. The third-order valence-electron chi connectivity index (χ3n) is 3.34. The van der Waals surface area contributed by atoms with Crippen molar-refractivity contribution in [3.05, 3.63) is 36.7 Å². The van der Waals surface area contributed by atoms with Gasteiger partial charge in [-0.25, -0.2) is 9.78 Å². The number of aromatic amines is 1. The first-order valence-electron chi connectivity index (χ1n) is 7.24. The van der Waals surface area contributed by atoms with Crippen molar-refractivity contribution in [3.63, 3.8) is 0 Å². The van der Waals surface area contributed by atoms with Gasteiger partial charge in [-0.1, -0.05) is 6.07 Å². The number of carbonyl (C=O) groups is 1. The Kier molecular flexibility index (Phi) is 4.09. The van der Waals surface area contributed by atoms with E-state index >= 15 is 0 Å². The molecule has 0 aliphatic rings. The summed E-state index contributed by atoms with van der Waals surface area (Å²) in [6, 6.07) is 7.29. The highest BCUT2D eigenvalue weighted by Crippen LogP contribution is 2.33. The Morgan fingerprint density at radius 3 is 2.96 bits per heavy atom. The lowest BCUT2D eigenvalue weighted by Crippen LogP contribution is -2.28. The van der Waals surface area contributed by atoms with Crippen molar-refractivity contribution in [3.8, 4) is 16.9 Å². The molecule has 3 rings (SSSR count). The fourth-order valence-electron chi connectivity index (χ4n) is 2.33. The number of anilines is 1. The lowest BCUT2D eigenvalue weighted by molar-refractivity contribution is 0.252. The molecule has 0 fully saturated rings. The molecular formula is C16H17N5O2. The topological polar surface area (TPSA) is 91.9 Å². The molecule has 23 heavy (non-hydrogen) atoms. The van der Waals surface area contributed by atoms with Crippen LogP contribution in [0.4, 0.5) is 10.7 Å². The summed E-state index contributed by atoms with van der Waals surface area (Å²) in [5, 5.41) is 5.31. The Bertz CT molecular complexity index is 829. The van der Waals surface area contributed by atoms with Crippen LogP contribution in [0.1, 0.15) is 6.92 Å². The lowest BCUT2D eigenvalue weighted by atomic mass is 10.1. The van der Waals surface area contributed by atoms with E-state index in [-0.39, 0.29) is 6.03 Å². The van der Waals surface area contributed by atoms with Crippen LogP contribution >= 0.6 is 0 Å². The van der Waals surface area contributed by atoms with Gasteiger partial charge < -0.3 is 15.0 Å². The number of nitrogens with zero attached hydrogens (tertiary/aromatic N) is 2. The average molecular weight is 311 g/mol. The Morgan fingerprint density at radius 1 is 1.39 bits per heavy atom. The number of aromatic nitrogens is 3. The molecule has 0 radical (unpaired) electrons. The maximum absolute atomic E-state index is 11.6. The first-order chi connectivity index (χ1) is 11.2. The van der Waals surface area contributed by atoms with Gasteiger partial charge in [-0.3, -0.25) is 10.3 Å². The van der Waals surface area contributed by atoms with Crippen LogP contribution in [-0.4, -0.2) is 34.6 Å². The van der Waals surface area contributed by atoms with E-state index in [1.165, 1.54) is 0 Å². The predicted octanol–water partition coefficient (Wildman–Crippen LogP) is 2.77. The number of methoxy groups -OCH3 is 1. The van der Waals surface area contributed by atoms with Crippen LogP contribution in [0.2, 0.25) is 0 Å². The van der Waals surface area contributed by atoms with Gasteiger partial charge in [0, 0.05) is 36.1 Å². The van der Waals surface area contributed by atoms with Crippen molar-refractivity contribution in [2.24, 2.45) is 0 Å². The van der Waals surface area contributed by atoms with E-state index in [1.807, 2.05) is 31.2 Å². The van der Waals surface area contributed by atoms with Crippen molar-refractivity contribution in [2.45, 2.75) is 6.92 Å². The molecule has 2 amide bonds. The SMILES string of the molecule is CCNC(=O)Nc1nc2cc(OC)c(-c3cccnc3)cc2[nH]1. The van der Waals surface area contributed by atoms with Crippen molar-refractivity contribution >= 4 is 23.0 Å². The lowest BCUT2D eigenvalue weighted by Gasteiger charge is -2.08. The molecule has 3 aromatic rings. The van der Waals surface area contributed by atoms with Crippen LogP contribution < -0.4 is 15.4 Å². The standard InChI is InChI=1S/C16H17N5O2/c1-3-18-16(22)21-15-19-12-7-11(10-5-4-6-17-9-10)14(23-2)8-13(12)20-15/h4-9H,3H2,1-2H3,(H3,18,19,20,21,22). The van der Waals surface area contributed by atoms with E-state index in [1.54, 1.807) is 19.5 Å². The van der Waals surface area contributed by atoms with Crippen LogP contribution in [0.15, 0.2) is 36.7 Å². The van der Waals surface area contributed by atoms with Crippen LogP contribution in [0.5, 0.6) is 5.75 Å². The largest absolute Gasteiger partial charge is 0.496 e. The van der Waals surface area contributed by atoms with E-state index in [0.717, 1.165) is 16.6 Å². The Balaban J connectivity index is 2.01. The number of ether oxygens (including phenoxy) is 1. The summed E-state index contributed by atoms with van der Waals surface area (Å²) < 4.78 is 5.46. The summed E-state index contributed by atoms with van der Waals surface area (Å²) in [4.78, 5) is 23.2. The van der Waals surface area contributed by atoms with Gasteiger partial charge in [-0.15, -0.1) is 0 Å². The number of H-pyrrole nitrogens is 1. The maximum Gasteiger partial charge on any atom is 0.321 e. The minimum absolute atomic E-state index is 0.300. The van der Waals surface area contributed by atoms with Gasteiger partial charge in [0.2, 0.25) is 5.95 Å². The number of imidazole rings is 1. The Labute approximate surface area is 133 Å². The molecule has 0 atom stereocenters. The number of hydrogen-bond donors (Lipinski definition) is 3. The van der Waals surface area contributed by atoms with Gasteiger partial charge in [0.05, 0.1) is 18.1 Å². The van der Waals surface area contributed by atoms with Gasteiger partial charge in [0.15, 0.2) is 0 Å². The molecule has 0 bridgehead atoms. The zero-order chi connectivity index (χ0) is 16.2. The second kappa shape index (κ2) is 6.35. The predicted molar refractivity (Wildman–Crippen MR) is 88.6 cm³/mol. The molecule has 3 N–H and O–H groups in total. The summed E-state index contributed by atoms with van der Waals surface area (Å²) in [6.45, 7) is 2.40. The molecule has 2 aromatic heterocycles. The number of carbonyl (C=O) groups excluding carboxylic acids is 1. The monoisotopic (exact) mass is 311 g/mol. The van der Waals surface area contributed by atoms with Crippen LogP contribution in [-0.2, 0) is 0 Å². The number of urea groups is 1. The fourth-order valence-corrected chi connectivity index (χ4v) is 2.33. The number of amides is 2. The summed E-state index contributed by atoms with van der Waals surface area (Å²) in [5.41, 5.74) is 3.36. The Hall–Kier alpha value is -3.09.